The van der Waals surface area contributed by atoms with Crippen molar-refractivity contribution in [3.05, 3.63) is 22.8 Å². The van der Waals surface area contributed by atoms with Gasteiger partial charge in [0.05, 0.1) is 5.02 Å². The second-order valence-electron chi connectivity index (χ2n) is 4.34. The monoisotopic (exact) mass is 283 g/mol. The molecule has 0 bridgehead atoms. The van der Waals surface area contributed by atoms with Crippen LogP contribution in [-0.2, 0) is 0 Å². The maximum atomic E-state index is 12.4. The predicted octanol–water partition coefficient (Wildman–Crippen LogP) is 3.43. The van der Waals surface area contributed by atoms with E-state index >= 15 is 0 Å². The lowest BCUT2D eigenvalue weighted by Crippen LogP contribution is -2.32. The molecule has 0 aliphatic carbocycles. The van der Waals surface area contributed by atoms with E-state index in [-0.39, 0.29) is 5.91 Å². The Morgan fingerprint density at radius 2 is 2.05 bits per heavy atom. The van der Waals surface area contributed by atoms with E-state index in [2.05, 4.69) is 17.2 Å². The lowest BCUT2D eigenvalue weighted by molar-refractivity contribution is 0.0759. The highest BCUT2D eigenvalue weighted by atomic mass is 35.5. The predicted molar refractivity (Wildman–Crippen MR) is 79.9 cm³/mol. The van der Waals surface area contributed by atoms with E-state index in [4.69, 9.17) is 11.6 Å². The molecule has 0 aliphatic rings. The number of rotatable bonds is 7. The van der Waals surface area contributed by atoms with Gasteiger partial charge in [-0.1, -0.05) is 25.4 Å². The number of carbonyl (C=O) groups is 1. The highest BCUT2D eigenvalue weighted by molar-refractivity contribution is 6.33. The molecule has 0 saturated heterocycles. The van der Waals surface area contributed by atoms with Gasteiger partial charge in [0.1, 0.15) is 11.5 Å². The molecule has 19 heavy (non-hydrogen) atoms. The molecule has 0 saturated carbocycles. The third-order valence-electron chi connectivity index (χ3n) is 2.77. The number of carbonyl (C=O) groups excluding carboxylic acids is 1. The summed E-state index contributed by atoms with van der Waals surface area (Å²) in [7, 11) is 0. The van der Waals surface area contributed by atoms with Gasteiger partial charge < -0.3 is 10.2 Å². The SMILES string of the molecule is CCCNc1ccc(Cl)c(C(=O)N(CC)CCC)n1. The normalized spacial score (nSPS) is 10.3. The summed E-state index contributed by atoms with van der Waals surface area (Å²) in [5.41, 5.74) is 0.332. The molecule has 0 spiro atoms. The summed E-state index contributed by atoms with van der Waals surface area (Å²) in [6, 6.07) is 3.52. The van der Waals surface area contributed by atoms with Crippen molar-refractivity contribution in [3.63, 3.8) is 0 Å². The summed E-state index contributed by atoms with van der Waals surface area (Å²) < 4.78 is 0. The van der Waals surface area contributed by atoms with Crippen molar-refractivity contribution in [2.24, 2.45) is 0 Å². The van der Waals surface area contributed by atoms with Gasteiger partial charge in [-0.3, -0.25) is 4.79 Å². The van der Waals surface area contributed by atoms with Crippen LogP contribution in [0.25, 0.3) is 0 Å². The Morgan fingerprint density at radius 3 is 2.63 bits per heavy atom. The fourth-order valence-corrected chi connectivity index (χ4v) is 1.95. The van der Waals surface area contributed by atoms with Crippen LogP contribution in [0.4, 0.5) is 5.82 Å². The maximum absolute atomic E-state index is 12.4. The number of halogens is 1. The van der Waals surface area contributed by atoms with Crippen molar-refractivity contribution in [1.29, 1.82) is 0 Å². The molecule has 0 aliphatic heterocycles. The van der Waals surface area contributed by atoms with E-state index in [9.17, 15) is 4.79 Å². The third kappa shape index (κ3) is 4.39. The fraction of sp³-hybridized carbons (Fsp3) is 0.571. The van der Waals surface area contributed by atoms with Crippen LogP contribution in [0, 0.1) is 0 Å². The van der Waals surface area contributed by atoms with Crippen molar-refractivity contribution >= 4 is 23.3 Å². The van der Waals surface area contributed by atoms with Crippen LogP contribution in [-0.4, -0.2) is 35.4 Å². The van der Waals surface area contributed by atoms with Crippen molar-refractivity contribution < 1.29 is 4.79 Å². The van der Waals surface area contributed by atoms with Crippen LogP contribution in [0.3, 0.4) is 0 Å². The van der Waals surface area contributed by atoms with Crippen molar-refractivity contribution in [2.75, 3.05) is 25.0 Å². The Labute approximate surface area is 120 Å². The van der Waals surface area contributed by atoms with Gasteiger partial charge in [-0.25, -0.2) is 4.98 Å². The van der Waals surface area contributed by atoms with E-state index in [0.29, 0.717) is 23.1 Å². The molecule has 5 heteroatoms. The minimum absolute atomic E-state index is 0.102. The van der Waals surface area contributed by atoms with Crippen LogP contribution < -0.4 is 5.32 Å². The van der Waals surface area contributed by atoms with Crippen LogP contribution in [0.5, 0.6) is 0 Å². The highest BCUT2D eigenvalue weighted by Gasteiger charge is 2.18. The van der Waals surface area contributed by atoms with Gasteiger partial charge in [0.25, 0.3) is 5.91 Å². The topological polar surface area (TPSA) is 45.2 Å². The molecule has 0 fully saturated rings. The number of nitrogens with one attached hydrogen (secondary N) is 1. The van der Waals surface area contributed by atoms with Gasteiger partial charge in [0.15, 0.2) is 0 Å². The van der Waals surface area contributed by atoms with Crippen LogP contribution in [0.15, 0.2) is 12.1 Å². The summed E-state index contributed by atoms with van der Waals surface area (Å²) in [5, 5.41) is 3.57. The standard InChI is InChI=1S/C14H22ClN3O/c1-4-9-16-12-8-7-11(15)13(17-12)14(19)18(6-3)10-5-2/h7-8H,4-6,9-10H2,1-3H3,(H,16,17). The van der Waals surface area contributed by atoms with Crippen LogP contribution >= 0.6 is 11.6 Å². The van der Waals surface area contributed by atoms with Crippen molar-refractivity contribution in [1.82, 2.24) is 9.88 Å². The quantitative estimate of drug-likeness (QED) is 0.834. The van der Waals surface area contributed by atoms with Crippen LogP contribution in [0.2, 0.25) is 5.02 Å². The molecule has 4 nitrogen and oxygen atoms in total. The van der Waals surface area contributed by atoms with E-state index in [1.165, 1.54) is 0 Å². The average Bonchev–Trinajstić information content (AvgIpc) is 2.43. The summed E-state index contributed by atoms with van der Waals surface area (Å²) in [6.07, 6.45) is 1.93. The third-order valence-corrected chi connectivity index (χ3v) is 3.07. The summed E-state index contributed by atoms with van der Waals surface area (Å²) in [4.78, 5) is 18.5. The zero-order chi connectivity index (χ0) is 14.3. The largest absolute Gasteiger partial charge is 0.370 e. The molecule has 1 rings (SSSR count). The van der Waals surface area contributed by atoms with Gasteiger partial charge in [-0.15, -0.1) is 0 Å². The average molecular weight is 284 g/mol. The van der Waals surface area contributed by atoms with E-state index in [0.717, 1.165) is 25.9 Å². The first-order chi connectivity index (χ1) is 9.13. The zero-order valence-electron chi connectivity index (χ0n) is 11.9. The molecule has 1 heterocycles. The number of amides is 1. The molecule has 0 aromatic carbocycles. The number of nitrogens with zero attached hydrogens (tertiary/aromatic N) is 2. The molecule has 106 valence electrons. The summed E-state index contributed by atoms with van der Waals surface area (Å²) in [5.74, 6) is 0.594. The first kappa shape index (κ1) is 15.8. The fourth-order valence-electron chi connectivity index (χ4n) is 1.77. The molecular weight excluding hydrogens is 262 g/mol. The molecule has 0 radical (unpaired) electrons. The zero-order valence-corrected chi connectivity index (χ0v) is 12.6. The number of pyridine rings is 1. The second kappa shape index (κ2) is 8.00. The molecular formula is C14H22ClN3O. The van der Waals surface area contributed by atoms with Crippen molar-refractivity contribution in [3.8, 4) is 0 Å². The Morgan fingerprint density at radius 1 is 1.32 bits per heavy atom. The minimum Gasteiger partial charge on any atom is -0.370 e. The number of aromatic nitrogens is 1. The smallest absolute Gasteiger partial charge is 0.274 e. The Kier molecular flexibility index (Phi) is 6.64. The highest BCUT2D eigenvalue weighted by Crippen LogP contribution is 2.18. The van der Waals surface area contributed by atoms with Gasteiger partial charge >= 0.3 is 0 Å². The van der Waals surface area contributed by atoms with Gasteiger partial charge in [-0.05, 0) is 31.9 Å². The Bertz CT molecular complexity index is 423. The first-order valence-electron chi connectivity index (χ1n) is 6.83. The van der Waals surface area contributed by atoms with Crippen molar-refractivity contribution in [2.45, 2.75) is 33.6 Å². The second-order valence-corrected chi connectivity index (χ2v) is 4.75. The first-order valence-corrected chi connectivity index (χ1v) is 7.21. The number of hydrogen-bond acceptors (Lipinski definition) is 3. The Balaban J connectivity index is 2.93. The van der Waals surface area contributed by atoms with E-state index < -0.39 is 0 Å². The van der Waals surface area contributed by atoms with E-state index in [1.807, 2.05) is 13.8 Å². The van der Waals surface area contributed by atoms with Gasteiger partial charge in [0, 0.05) is 19.6 Å². The van der Waals surface area contributed by atoms with E-state index in [1.54, 1.807) is 17.0 Å². The summed E-state index contributed by atoms with van der Waals surface area (Å²) in [6.45, 7) is 8.30. The molecule has 1 amide bonds. The maximum Gasteiger partial charge on any atom is 0.274 e. The molecule has 0 unspecified atom stereocenters. The minimum atomic E-state index is -0.102. The van der Waals surface area contributed by atoms with Gasteiger partial charge in [-0.2, -0.15) is 0 Å². The number of hydrogen-bond donors (Lipinski definition) is 1. The lowest BCUT2D eigenvalue weighted by Gasteiger charge is -2.20. The molecule has 1 aromatic heterocycles. The molecule has 1 N–H and O–H groups in total. The van der Waals surface area contributed by atoms with Gasteiger partial charge in [0.2, 0.25) is 0 Å². The Hall–Kier alpha value is -1.29. The molecule has 1 aromatic rings. The number of anilines is 1. The lowest BCUT2D eigenvalue weighted by atomic mass is 10.3. The molecule has 0 atom stereocenters. The summed E-state index contributed by atoms with van der Waals surface area (Å²) >= 11 is 6.09. The van der Waals surface area contributed by atoms with Crippen LogP contribution in [0.1, 0.15) is 44.1 Å².